The second kappa shape index (κ2) is 7.60. The van der Waals surface area contributed by atoms with Crippen molar-refractivity contribution in [1.82, 2.24) is 0 Å². The van der Waals surface area contributed by atoms with Crippen molar-refractivity contribution in [3.8, 4) is 0 Å². The van der Waals surface area contributed by atoms with E-state index in [0.29, 0.717) is 12.0 Å². The topological polar surface area (TPSA) is 26.3 Å². The Balaban J connectivity index is 4.01. The molecule has 0 aliphatic rings. The Kier molecular flexibility index (Phi) is 7.17. The normalized spacial score (nSPS) is 10.3. The van der Waals surface area contributed by atoms with E-state index < -0.39 is 0 Å². The molecular weight excluding hydrogens is 176 g/mol. The van der Waals surface area contributed by atoms with Gasteiger partial charge in [-0.3, -0.25) is 0 Å². The molecule has 0 rings (SSSR count). The third kappa shape index (κ3) is 5.05. The van der Waals surface area contributed by atoms with Crippen molar-refractivity contribution in [2.45, 2.75) is 59.0 Å². The minimum absolute atomic E-state index is 0.0841. The molecule has 0 aromatic heterocycles. The zero-order chi connectivity index (χ0) is 11.0. The van der Waals surface area contributed by atoms with E-state index in [1.54, 1.807) is 0 Å². The summed E-state index contributed by atoms with van der Waals surface area (Å²) in [6.07, 6.45) is 4.77. The fourth-order valence-corrected chi connectivity index (χ4v) is 1.29. The average molecular weight is 198 g/mol. The van der Waals surface area contributed by atoms with Gasteiger partial charge in [-0.15, -0.1) is 0 Å². The lowest BCUT2D eigenvalue weighted by molar-refractivity contribution is -0.145. The van der Waals surface area contributed by atoms with Crippen molar-refractivity contribution in [1.29, 1.82) is 0 Å². The quantitative estimate of drug-likeness (QED) is 0.462. The van der Waals surface area contributed by atoms with Crippen LogP contribution in [0.1, 0.15) is 52.9 Å². The number of hydrogen-bond acceptors (Lipinski definition) is 2. The number of esters is 1. The Hall–Kier alpha value is -0.790. The van der Waals surface area contributed by atoms with Gasteiger partial charge in [-0.1, -0.05) is 40.2 Å². The first-order chi connectivity index (χ1) is 6.65. The first-order valence-electron chi connectivity index (χ1n) is 5.54. The summed E-state index contributed by atoms with van der Waals surface area (Å²) >= 11 is 0. The number of carbonyl (C=O) groups is 1. The highest BCUT2D eigenvalue weighted by atomic mass is 16.5. The van der Waals surface area contributed by atoms with Crippen LogP contribution in [0.25, 0.3) is 0 Å². The molecule has 2 heteroatoms. The molecule has 0 aromatic rings. The van der Waals surface area contributed by atoms with E-state index in [1.165, 1.54) is 0 Å². The molecule has 0 fully saturated rings. The van der Waals surface area contributed by atoms with Crippen LogP contribution in [0.15, 0.2) is 12.2 Å². The van der Waals surface area contributed by atoms with Gasteiger partial charge in [0.15, 0.2) is 0 Å². The summed E-state index contributed by atoms with van der Waals surface area (Å²) in [6, 6.07) is 0. The van der Waals surface area contributed by atoms with E-state index in [9.17, 15) is 4.79 Å². The van der Waals surface area contributed by atoms with Crippen LogP contribution in [0.5, 0.6) is 0 Å². The minimum atomic E-state index is -0.223. The van der Waals surface area contributed by atoms with Crippen molar-refractivity contribution in [2.24, 2.45) is 0 Å². The largest absolute Gasteiger partial charge is 0.459 e. The SMILES string of the molecule is C=C(CC)C(=O)OC(CCC)CCC. The van der Waals surface area contributed by atoms with Crippen molar-refractivity contribution in [3.63, 3.8) is 0 Å². The Labute approximate surface area is 87.3 Å². The number of ether oxygens (including phenoxy) is 1. The Morgan fingerprint density at radius 3 is 2.07 bits per heavy atom. The van der Waals surface area contributed by atoms with Gasteiger partial charge in [-0.25, -0.2) is 4.79 Å². The maximum absolute atomic E-state index is 11.4. The van der Waals surface area contributed by atoms with Crippen LogP contribution in [-0.2, 0) is 9.53 Å². The zero-order valence-corrected chi connectivity index (χ0v) is 9.64. The van der Waals surface area contributed by atoms with E-state index in [4.69, 9.17) is 4.74 Å². The third-order valence-electron chi connectivity index (χ3n) is 2.21. The average Bonchev–Trinajstić information content (AvgIpc) is 2.17. The van der Waals surface area contributed by atoms with Crippen LogP contribution in [0.4, 0.5) is 0 Å². The summed E-state index contributed by atoms with van der Waals surface area (Å²) < 4.78 is 5.35. The smallest absolute Gasteiger partial charge is 0.333 e. The molecule has 0 spiro atoms. The van der Waals surface area contributed by atoms with E-state index in [-0.39, 0.29) is 12.1 Å². The molecule has 0 atom stereocenters. The fourth-order valence-electron chi connectivity index (χ4n) is 1.29. The monoisotopic (exact) mass is 198 g/mol. The molecule has 0 bridgehead atoms. The molecule has 0 saturated heterocycles. The molecule has 0 heterocycles. The number of hydrogen-bond donors (Lipinski definition) is 0. The lowest BCUT2D eigenvalue weighted by atomic mass is 10.1. The van der Waals surface area contributed by atoms with Crippen molar-refractivity contribution in [3.05, 3.63) is 12.2 Å². The van der Waals surface area contributed by atoms with Gasteiger partial charge in [0.1, 0.15) is 6.10 Å². The molecule has 0 radical (unpaired) electrons. The van der Waals surface area contributed by atoms with E-state index in [0.717, 1.165) is 25.7 Å². The highest BCUT2D eigenvalue weighted by molar-refractivity contribution is 5.87. The molecule has 0 saturated carbocycles. The minimum Gasteiger partial charge on any atom is -0.459 e. The van der Waals surface area contributed by atoms with Gasteiger partial charge in [0.05, 0.1) is 0 Å². The van der Waals surface area contributed by atoms with Gasteiger partial charge in [0.2, 0.25) is 0 Å². The van der Waals surface area contributed by atoms with Crippen LogP contribution < -0.4 is 0 Å². The lowest BCUT2D eigenvalue weighted by Crippen LogP contribution is -2.18. The summed E-state index contributed by atoms with van der Waals surface area (Å²) in [4.78, 5) is 11.4. The van der Waals surface area contributed by atoms with Crippen molar-refractivity contribution in [2.75, 3.05) is 0 Å². The maximum atomic E-state index is 11.4. The molecule has 0 amide bonds. The summed E-state index contributed by atoms with van der Waals surface area (Å²) in [5.74, 6) is -0.223. The van der Waals surface area contributed by atoms with Crippen molar-refractivity contribution >= 4 is 5.97 Å². The van der Waals surface area contributed by atoms with E-state index in [2.05, 4.69) is 20.4 Å². The summed E-state index contributed by atoms with van der Waals surface area (Å²) in [6.45, 7) is 9.79. The highest BCUT2D eigenvalue weighted by Crippen LogP contribution is 2.12. The lowest BCUT2D eigenvalue weighted by Gasteiger charge is -2.16. The van der Waals surface area contributed by atoms with Gasteiger partial charge < -0.3 is 4.74 Å². The molecule has 2 nitrogen and oxygen atoms in total. The third-order valence-corrected chi connectivity index (χ3v) is 2.21. The number of rotatable bonds is 7. The standard InChI is InChI=1S/C12H22O2/c1-5-8-11(9-6-2)14-12(13)10(4)7-3/h11H,4-9H2,1-3H3. The molecule has 0 aliphatic carbocycles. The van der Waals surface area contributed by atoms with Gasteiger partial charge in [0, 0.05) is 5.57 Å². The molecule has 0 N–H and O–H groups in total. The molecular formula is C12H22O2. The predicted molar refractivity (Wildman–Crippen MR) is 59.1 cm³/mol. The summed E-state index contributed by atoms with van der Waals surface area (Å²) in [7, 11) is 0. The van der Waals surface area contributed by atoms with Gasteiger partial charge >= 0.3 is 5.97 Å². The van der Waals surface area contributed by atoms with E-state index in [1.807, 2.05) is 6.92 Å². The van der Waals surface area contributed by atoms with Crippen LogP contribution >= 0.6 is 0 Å². The van der Waals surface area contributed by atoms with Crippen LogP contribution in [0, 0.1) is 0 Å². The molecule has 0 aromatic carbocycles. The highest BCUT2D eigenvalue weighted by Gasteiger charge is 2.13. The van der Waals surface area contributed by atoms with Crippen LogP contribution in [0.3, 0.4) is 0 Å². The van der Waals surface area contributed by atoms with Gasteiger partial charge in [0.25, 0.3) is 0 Å². The first kappa shape index (κ1) is 13.2. The van der Waals surface area contributed by atoms with E-state index >= 15 is 0 Å². The van der Waals surface area contributed by atoms with Gasteiger partial charge in [-0.2, -0.15) is 0 Å². The van der Waals surface area contributed by atoms with Crippen LogP contribution in [-0.4, -0.2) is 12.1 Å². The number of carbonyl (C=O) groups excluding carboxylic acids is 1. The molecule has 14 heavy (non-hydrogen) atoms. The predicted octanol–water partition coefficient (Wildman–Crippen LogP) is 3.46. The molecule has 0 aliphatic heterocycles. The Bertz CT molecular complexity index is 179. The first-order valence-corrected chi connectivity index (χ1v) is 5.54. The maximum Gasteiger partial charge on any atom is 0.333 e. The Morgan fingerprint density at radius 1 is 1.21 bits per heavy atom. The summed E-state index contributed by atoms with van der Waals surface area (Å²) in [5, 5.41) is 0. The second-order valence-corrected chi connectivity index (χ2v) is 3.56. The zero-order valence-electron chi connectivity index (χ0n) is 9.64. The molecule has 0 unspecified atom stereocenters. The van der Waals surface area contributed by atoms with Gasteiger partial charge in [-0.05, 0) is 19.3 Å². The van der Waals surface area contributed by atoms with Crippen molar-refractivity contribution < 1.29 is 9.53 Å². The second-order valence-electron chi connectivity index (χ2n) is 3.56. The molecule has 82 valence electrons. The van der Waals surface area contributed by atoms with Crippen LogP contribution in [0.2, 0.25) is 0 Å². The fraction of sp³-hybridized carbons (Fsp3) is 0.750. The summed E-state index contributed by atoms with van der Waals surface area (Å²) in [5.41, 5.74) is 0.571. The Morgan fingerprint density at radius 2 is 1.71 bits per heavy atom.